The van der Waals surface area contributed by atoms with Crippen molar-refractivity contribution in [3.8, 4) is 0 Å². The van der Waals surface area contributed by atoms with Crippen LogP contribution in [0, 0.1) is 11.6 Å². The van der Waals surface area contributed by atoms with Gasteiger partial charge >= 0.3 is 0 Å². The first-order valence-corrected chi connectivity index (χ1v) is 6.06. The van der Waals surface area contributed by atoms with Crippen molar-refractivity contribution in [1.82, 2.24) is 4.90 Å². The number of rotatable bonds is 4. The van der Waals surface area contributed by atoms with E-state index in [0.29, 0.717) is 24.8 Å². The molecular formula is C13H18F2N2O. The molecular weight excluding hydrogens is 238 g/mol. The Hall–Kier alpha value is -1.04. The van der Waals surface area contributed by atoms with Crippen LogP contribution in [0.15, 0.2) is 18.2 Å². The van der Waals surface area contributed by atoms with Crippen LogP contribution in [0.5, 0.6) is 0 Å². The summed E-state index contributed by atoms with van der Waals surface area (Å²) in [5.41, 5.74) is 6.32. The van der Waals surface area contributed by atoms with E-state index in [-0.39, 0.29) is 0 Å². The van der Waals surface area contributed by atoms with Crippen molar-refractivity contribution in [2.75, 3.05) is 26.8 Å². The molecule has 0 aliphatic carbocycles. The summed E-state index contributed by atoms with van der Waals surface area (Å²) in [6.45, 7) is 1.97. The highest BCUT2D eigenvalue weighted by Crippen LogP contribution is 2.19. The van der Waals surface area contributed by atoms with Gasteiger partial charge in [0, 0.05) is 36.9 Å². The van der Waals surface area contributed by atoms with E-state index in [1.807, 2.05) is 7.05 Å². The summed E-state index contributed by atoms with van der Waals surface area (Å²) in [7, 11) is 1.95. The van der Waals surface area contributed by atoms with Crippen molar-refractivity contribution < 1.29 is 13.5 Å². The molecule has 1 aromatic rings. The Labute approximate surface area is 106 Å². The van der Waals surface area contributed by atoms with Crippen molar-refractivity contribution in [3.05, 3.63) is 35.4 Å². The van der Waals surface area contributed by atoms with E-state index in [1.54, 1.807) is 0 Å². The molecule has 1 fully saturated rings. The van der Waals surface area contributed by atoms with Gasteiger partial charge in [-0.2, -0.15) is 0 Å². The fraction of sp³-hybridized carbons (Fsp3) is 0.538. The molecule has 100 valence electrons. The van der Waals surface area contributed by atoms with Gasteiger partial charge in [0.25, 0.3) is 0 Å². The van der Waals surface area contributed by atoms with Crippen LogP contribution in [0.3, 0.4) is 0 Å². The molecule has 0 amide bonds. The molecule has 18 heavy (non-hydrogen) atoms. The maximum absolute atomic E-state index is 13.6. The summed E-state index contributed by atoms with van der Waals surface area (Å²) in [6.07, 6.45) is 0.967. The van der Waals surface area contributed by atoms with E-state index in [9.17, 15) is 8.78 Å². The number of hydrogen-bond acceptors (Lipinski definition) is 3. The quantitative estimate of drug-likeness (QED) is 0.891. The summed E-state index contributed by atoms with van der Waals surface area (Å²) in [5, 5.41) is 0. The molecule has 0 spiro atoms. The van der Waals surface area contributed by atoms with Gasteiger partial charge in [0.05, 0.1) is 6.61 Å². The van der Waals surface area contributed by atoms with Crippen molar-refractivity contribution in [2.45, 2.75) is 18.5 Å². The minimum atomic E-state index is -0.585. The fourth-order valence-electron chi connectivity index (χ4n) is 2.23. The van der Waals surface area contributed by atoms with Gasteiger partial charge in [0.15, 0.2) is 0 Å². The number of likely N-dealkylation sites (N-methyl/N-ethyl adjacent to an activating group) is 1. The molecule has 1 aromatic carbocycles. The number of nitrogens with zero attached hydrogens (tertiary/aromatic N) is 1. The van der Waals surface area contributed by atoms with E-state index in [2.05, 4.69) is 4.90 Å². The predicted molar refractivity (Wildman–Crippen MR) is 65.1 cm³/mol. The summed E-state index contributed by atoms with van der Waals surface area (Å²) < 4.78 is 31.7. The Morgan fingerprint density at radius 2 is 2.28 bits per heavy atom. The van der Waals surface area contributed by atoms with Crippen LogP contribution in [-0.2, 0) is 4.74 Å². The molecule has 0 radical (unpaired) electrons. The van der Waals surface area contributed by atoms with E-state index in [1.165, 1.54) is 12.1 Å². The average molecular weight is 256 g/mol. The number of nitrogens with two attached hydrogens (primary N) is 1. The smallest absolute Gasteiger partial charge is 0.130 e. The van der Waals surface area contributed by atoms with Gasteiger partial charge in [-0.25, -0.2) is 8.78 Å². The molecule has 2 N–H and O–H groups in total. The normalized spacial score (nSPS) is 21.5. The lowest BCUT2D eigenvalue weighted by Gasteiger charge is -2.26. The largest absolute Gasteiger partial charge is 0.380 e. The summed E-state index contributed by atoms with van der Waals surface area (Å²) in [4.78, 5) is 2.07. The molecule has 1 saturated heterocycles. The van der Waals surface area contributed by atoms with Crippen molar-refractivity contribution in [3.63, 3.8) is 0 Å². The monoisotopic (exact) mass is 256 g/mol. The average Bonchev–Trinajstić information content (AvgIpc) is 2.81. The zero-order chi connectivity index (χ0) is 13.1. The van der Waals surface area contributed by atoms with E-state index in [0.717, 1.165) is 19.1 Å². The standard InChI is InChI=1S/C13H18F2N2O/c1-17(10-4-5-18-8-10)7-13(16)11-3-2-9(14)6-12(11)15/h2-3,6,10,13H,4-5,7-8,16H2,1H3. The van der Waals surface area contributed by atoms with Gasteiger partial charge in [-0.05, 0) is 19.5 Å². The topological polar surface area (TPSA) is 38.5 Å². The molecule has 0 saturated carbocycles. The number of hydrogen-bond donors (Lipinski definition) is 1. The third-order valence-electron chi connectivity index (χ3n) is 3.38. The van der Waals surface area contributed by atoms with Crippen LogP contribution in [0.1, 0.15) is 18.0 Å². The second-order valence-electron chi connectivity index (χ2n) is 4.73. The van der Waals surface area contributed by atoms with Crippen LogP contribution in [-0.4, -0.2) is 37.7 Å². The van der Waals surface area contributed by atoms with E-state index in [4.69, 9.17) is 10.5 Å². The lowest BCUT2D eigenvalue weighted by atomic mass is 10.1. The van der Waals surface area contributed by atoms with Crippen LogP contribution in [0.2, 0.25) is 0 Å². The van der Waals surface area contributed by atoms with Crippen LogP contribution >= 0.6 is 0 Å². The predicted octanol–water partition coefficient (Wildman–Crippen LogP) is 1.69. The van der Waals surface area contributed by atoms with Gasteiger partial charge in [0.2, 0.25) is 0 Å². The molecule has 1 aliphatic heterocycles. The third kappa shape index (κ3) is 3.04. The first-order chi connectivity index (χ1) is 8.58. The second-order valence-corrected chi connectivity index (χ2v) is 4.73. The maximum Gasteiger partial charge on any atom is 0.130 e. The molecule has 0 bridgehead atoms. The zero-order valence-electron chi connectivity index (χ0n) is 10.4. The molecule has 3 nitrogen and oxygen atoms in total. The summed E-state index contributed by atoms with van der Waals surface area (Å²) in [6, 6.07) is 3.38. The Morgan fingerprint density at radius 1 is 1.50 bits per heavy atom. The highest BCUT2D eigenvalue weighted by atomic mass is 19.1. The third-order valence-corrected chi connectivity index (χ3v) is 3.38. The van der Waals surface area contributed by atoms with Gasteiger partial charge < -0.3 is 10.5 Å². The number of benzene rings is 1. The zero-order valence-corrected chi connectivity index (χ0v) is 10.4. The van der Waals surface area contributed by atoms with Crippen LogP contribution < -0.4 is 5.73 Å². The van der Waals surface area contributed by atoms with E-state index >= 15 is 0 Å². The molecule has 2 atom stereocenters. The van der Waals surface area contributed by atoms with Gasteiger partial charge in [-0.1, -0.05) is 6.07 Å². The number of ether oxygens (including phenoxy) is 1. The van der Waals surface area contributed by atoms with Crippen molar-refractivity contribution in [2.24, 2.45) is 5.73 Å². The Bertz CT molecular complexity index is 408. The minimum absolute atomic E-state index is 0.333. The molecule has 1 heterocycles. The summed E-state index contributed by atoms with van der Waals surface area (Å²) in [5.74, 6) is -1.17. The lowest BCUT2D eigenvalue weighted by Crippen LogP contribution is -2.37. The molecule has 2 rings (SSSR count). The maximum atomic E-state index is 13.6. The van der Waals surface area contributed by atoms with Crippen LogP contribution in [0.4, 0.5) is 8.78 Å². The minimum Gasteiger partial charge on any atom is -0.380 e. The van der Waals surface area contributed by atoms with Gasteiger partial charge in [-0.3, -0.25) is 4.90 Å². The molecule has 2 unspecified atom stereocenters. The summed E-state index contributed by atoms with van der Waals surface area (Å²) >= 11 is 0. The molecule has 0 aromatic heterocycles. The fourth-order valence-corrected chi connectivity index (χ4v) is 2.23. The molecule has 5 heteroatoms. The lowest BCUT2D eigenvalue weighted by molar-refractivity contribution is 0.155. The Morgan fingerprint density at radius 3 is 2.89 bits per heavy atom. The van der Waals surface area contributed by atoms with Crippen molar-refractivity contribution >= 4 is 0 Å². The first-order valence-electron chi connectivity index (χ1n) is 6.06. The highest BCUT2D eigenvalue weighted by molar-refractivity contribution is 5.22. The Balaban J connectivity index is 2.00. The first kappa shape index (κ1) is 13.4. The van der Waals surface area contributed by atoms with Gasteiger partial charge in [-0.15, -0.1) is 0 Å². The van der Waals surface area contributed by atoms with Crippen molar-refractivity contribution in [1.29, 1.82) is 0 Å². The number of halogens is 2. The van der Waals surface area contributed by atoms with Crippen LogP contribution in [0.25, 0.3) is 0 Å². The van der Waals surface area contributed by atoms with Gasteiger partial charge in [0.1, 0.15) is 11.6 Å². The van der Waals surface area contributed by atoms with E-state index < -0.39 is 17.7 Å². The SMILES string of the molecule is CN(CC(N)c1ccc(F)cc1F)C1CCOC1. The Kier molecular flexibility index (Phi) is 4.27. The second kappa shape index (κ2) is 5.73. The highest BCUT2D eigenvalue weighted by Gasteiger charge is 2.23. The molecule has 1 aliphatic rings.